The van der Waals surface area contributed by atoms with Crippen LogP contribution in [0.3, 0.4) is 0 Å². The molecule has 0 amide bonds. The Labute approximate surface area is 190 Å². The van der Waals surface area contributed by atoms with Gasteiger partial charge in [-0.2, -0.15) is 4.31 Å². The summed E-state index contributed by atoms with van der Waals surface area (Å²) in [5.74, 6) is 0.831. The molecule has 0 radical (unpaired) electrons. The minimum atomic E-state index is -3.51. The van der Waals surface area contributed by atoms with Gasteiger partial charge in [-0.3, -0.25) is 4.98 Å². The quantitative estimate of drug-likeness (QED) is 0.568. The van der Waals surface area contributed by atoms with Crippen molar-refractivity contribution >= 4 is 32.6 Å². The molecule has 1 aliphatic heterocycles. The fourth-order valence-corrected chi connectivity index (χ4v) is 5.82. The number of fused-ring (bicyclic) bond motifs is 1. The van der Waals surface area contributed by atoms with Crippen LogP contribution in [0.15, 0.2) is 47.5 Å². The van der Waals surface area contributed by atoms with Gasteiger partial charge in [0.25, 0.3) is 0 Å². The highest BCUT2D eigenvalue weighted by Crippen LogP contribution is 2.25. The number of sulfonamides is 1. The fourth-order valence-electron chi connectivity index (χ4n) is 4.34. The minimum Gasteiger partial charge on any atom is -0.368 e. The highest BCUT2D eigenvalue weighted by Gasteiger charge is 2.23. The van der Waals surface area contributed by atoms with Crippen LogP contribution in [-0.4, -0.2) is 62.0 Å². The number of anilines is 2. The molecule has 0 aliphatic carbocycles. The lowest BCUT2D eigenvalue weighted by Gasteiger charge is -2.37. The SMILES string of the molecule is CCN(CC)S(=O)(=O)c1ccc2nc(N3CCN(c4ccc(C)cc4C)CC3)cnc2c1. The van der Waals surface area contributed by atoms with Crippen molar-refractivity contribution in [2.45, 2.75) is 32.6 Å². The van der Waals surface area contributed by atoms with Crippen molar-refractivity contribution in [3.05, 3.63) is 53.7 Å². The number of aryl methyl sites for hydroxylation is 2. The molecule has 1 aromatic heterocycles. The zero-order valence-corrected chi connectivity index (χ0v) is 20.1. The number of hydrogen-bond donors (Lipinski definition) is 0. The third-order valence-electron chi connectivity index (χ3n) is 6.14. The van der Waals surface area contributed by atoms with E-state index < -0.39 is 10.0 Å². The molecule has 0 saturated carbocycles. The van der Waals surface area contributed by atoms with Crippen molar-refractivity contribution in [2.75, 3.05) is 49.1 Å². The van der Waals surface area contributed by atoms with Crippen LogP contribution in [-0.2, 0) is 10.0 Å². The minimum absolute atomic E-state index is 0.262. The summed E-state index contributed by atoms with van der Waals surface area (Å²) in [6.45, 7) is 12.4. The molecule has 4 rings (SSSR count). The molecule has 8 heteroatoms. The van der Waals surface area contributed by atoms with Gasteiger partial charge in [-0.05, 0) is 43.7 Å². The maximum Gasteiger partial charge on any atom is 0.243 e. The third kappa shape index (κ3) is 4.29. The highest BCUT2D eigenvalue weighted by atomic mass is 32.2. The van der Waals surface area contributed by atoms with E-state index in [4.69, 9.17) is 4.98 Å². The van der Waals surface area contributed by atoms with Crippen molar-refractivity contribution in [3.8, 4) is 0 Å². The van der Waals surface area contributed by atoms with Crippen molar-refractivity contribution in [1.82, 2.24) is 14.3 Å². The monoisotopic (exact) mass is 453 g/mol. The second-order valence-electron chi connectivity index (χ2n) is 8.23. The van der Waals surface area contributed by atoms with Gasteiger partial charge in [0.05, 0.1) is 22.1 Å². The summed E-state index contributed by atoms with van der Waals surface area (Å²) in [4.78, 5) is 14.2. The molecule has 0 atom stereocenters. The van der Waals surface area contributed by atoms with Gasteiger partial charge in [0.1, 0.15) is 5.82 Å². The third-order valence-corrected chi connectivity index (χ3v) is 8.19. The standard InChI is InChI=1S/C24H31N5O2S/c1-5-29(6-2)32(30,31)20-8-9-21-22(16-20)25-17-24(26-21)28-13-11-27(12-14-28)23-10-7-18(3)15-19(23)4/h7-10,15-17H,5-6,11-14H2,1-4H3. The Kier molecular flexibility index (Phi) is 6.35. The molecule has 170 valence electrons. The lowest BCUT2D eigenvalue weighted by Crippen LogP contribution is -2.47. The Morgan fingerprint density at radius 2 is 1.59 bits per heavy atom. The Morgan fingerprint density at radius 1 is 0.906 bits per heavy atom. The van der Waals surface area contributed by atoms with E-state index >= 15 is 0 Å². The van der Waals surface area contributed by atoms with Gasteiger partial charge >= 0.3 is 0 Å². The van der Waals surface area contributed by atoms with E-state index in [-0.39, 0.29) is 4.90 Å². The topological polar surface area (TPSA) is 69.6 Å². The Morgan fingerprint density at radius 3 is 2.25 bits per heavy atom. The smallest absolute Gasteiger partial charge is 0.243 e. The average molecular weight is 454 g/mol. The van der Waals surface area contributed by atoms with Gasteiger partial charge in [-0.15, -0.1) is 0 Å². The van der Waals surface area contributed by atoms with Crippen LogP contribution >= 0.6 is 0 Å². The number of piperazine rings is 1. The summed E-state index contributed by atoms with van der Waals surface area (Å²) in [6.07, 6.45) is 1.75. The van der Waals surface area contributed by atoms with Gasteiger partial charge in [0.15, 0.2) is 0 Å². The van der Waals surface area contributed by atoms with Crippen LogP contribution in [0.5, 0.6) is 0 Å². The number of benzene rings is 2. The number of aromatic nitrogens is 2. The summed E-state index contributed by atoms with van der Waals surface area (Å²) in [6, 6.07) is 11.6. The lowest BCUT2D eigenvalue weighted by atomic mass is 10.1. The van der Waals surface area contributed by atoms with Crippen LogP contribution in [0.1, 0.15) is 25.0 Å². The van der Waals surface area contributed by atoms with Crippen LogP contribution in [0.25, 0.3) is 11.0 Å². The molecule has 1 aliphatic rings. The van der Waals surface area contributed by atoms with Gasteiger partial charge < -0.3 is 9.80 Å². The van der Waals surface area contributed by atoms with E-state index in [9.17, 15) is 8.42 Å². The Balaban J connectivity index is 1.51. The Bertz CT molecular complexity index is 1220. The second kappa shape index (κ2) is 9.03. The van der Waals surface area contributed by atoms with Crippen molar-refractivity contribution < 1.29 is 8.42 Å². The van der Waals surface area contributed by atoms with Gasteiger partial charge in [0, 0.05) is 45.0 Å². The van der Waals surface area contributed by atoms with E-state index in [2.05, 4.69) is 46.8 Å². The maximum absolute atomic E-state index is 12.8. The number of rotatable bonds is 6. The van der Waals surface area contributed by atoms with Gasteiger partial charge in [0.2, 0.25) is 10.0 Å². The fraction of sp³-hybridized carbons (Fsp3) is 0.417. The highest BCUT2D eigenvalue weighted by molar-refractivity contribution is 7.89. The molecule has 3 aromatic rings. The molecule has 0 unspecified atom stereocenters. The van der Waals surface area contributed by atoms with Crippen LogP contribution in [0.2, 0.25) is 0 Å². The number of nitrogens with zero attached hydrogens (tertiary/aromatic N) is 5. The average Bonchev–Trinajstić information content (AvgIpc) is 2.79. The summed E-state index contributed by atoms with van der Waals surface area (Å²) >= 11 is 0. The first kappa shape index (κ1) is 22.5. The maximum atomic E-state index is 12.8. The van der Waals surface area contributed by atoms with Crippen molar-refractivity contribution in [1.29, 1.82) is 0 Å². The van der Waals surface area contributed by atoms with Crippen LogP contribution in [0.4, 0.5) is 11.5 Å². The molecule has 0 spiro atoms. The molecular weight excluding hydrogens is 422 g/mol. The molecule has 0 bridgehead atoms. The lowest BCUT2D eigenvalue weighted by molar-refractivity contribution is 0.445. The largest absolute Gasteiger partial charge is 0.368 e. The zero-order valence-electron chi connectivity index (χ0n) is 19.2. The summed E-state index contributed by atoms with van der Waals surface area (Å²) in [7, 11) is -3.51. The second-order valence-corrected chi connectivity index (χ2v) is 10.2. The molecular formula is C24H31N5O2S. The molecule has 0 N–H and O–H groups in total. The summed E-state index contributed by atoms with van der Waals surface area (Å²) in [5.41, 5.74) is 5.18. The van der Waals surface area contributed by atoms with E-state index in [1.807, 2.05) is 13.8 Å². The zero-order chi connectivity index (χ0) is 22.9. The van der Waals surface area contributed by atoms with E-state index in [0.717, 1.165) is 32.0 Å². The molecule has 2 heterocycles. The predicted molar refractivity (Wildman–Crippen MR) is 130 cm³/mol. The molecule has 1 saturated heterocycles. The molecule has 2 aromatic carbocycles. The van der Waals surface area contributed by atoms with Crippen molar-refractivity contribution in [3.63, 3.8) is 0 Å². The van der Waals surface area contributed by atoms with Crippen molar-refractivity contribution in [2.24, 2.45) is 0 Å². The van der Waals surface area contributed by atoms with E-state index in [0.29, 0.717) is 24.1 Å². The van der Waals surface area contributed by atoms with Gasteiger partial charge in [-0.1, -0.05) is 31.5 Å². The molecule has 7 nitrogen and oxygen atoms in total. The normalized spacial score (nSPS) is 15.0. The molecule has 1 fully saturated rings. The van der Waals surface area contributed by atoms with Gasteiger partial charge in [-0.25, -0.2) is 13.4 Å². The van der Waals surface area contributed by atoms with Crippen LogP contribution in [0, 0.1) is 13.8 Å². The van der Waals surface area contributed by atoms with Crippen LogP contribution < -0.4 is 9.80 Å². The summed E-state index contributed by atoms with van der Waals surface area (Å²) in [5, 5.41) is 0. The Hall–Kier alpha value is -2.71. The summed E-state index contributed by atoms with van der Waals surface area (Å²) < 4.78 is 27.1. The molecule has 32 heavy (non-hydrogen) atoms. The first-order valence-electron chi connectivity index (χ1n) is 11.2. The number of hydrogen-bond acceptors (Lipinski definition) is 6. The first-order valence-corrected chi connectivity index (χ1v) is 12.6. The first-order chi connectivity index (χ1) is 15.3. The predicted octanol–water partition coefficient (Wildman–Crippen LogP) is 3.60. The van der Waals surface area contributed by atoms with E-state index in [1.54, 1.807) is 24.4 Å². The van der Waals surface area contributed by atoms with E-state index in [1.165, 1.54) is 21.1 Å².